The standard InChI is InChI=1S/C23H33N5O2/c1-4-20-19(21(5-2)30-27-20)16-26-23(24-3)25-15-17-9-11-18(12-10-17)22(29)28-13-7-6-8-14-28/h9-12H,4-8,13-16H2,1-3H3,(H2,24,25,26). The van der Waals surface area contributed by atoms with Gasteiger partial charge in [0, 0.05) is 50.8 Å². The van der Waals surface area contributed by atoms with Crippen molar-refractivity contribution in [3.8, 4) is 0 Å². The Hall–Kier alpha value is -2.83. The first-order chi connectivity index (χ1) is 14.7. The van der Waals surface area contributed by atoms with Gasteiger partial charge in [0.15, 0.2) is 5.96 Å². The quantitative estimate of drug-likeness (QED) is 0.540. The first kappa shape index (κ1) is 21.9. The van der Waals surface area contributed by atoms with Crippen LogP contribution in [0.15, 0.2) is 33.8 Å². The normalized spacial score (nSPS) is 14.6. The van der Waals surface area contributed by atoms with E-state index in [0.29, 0.717) is 19.0 Å². The fourth-order valence-corrected chi connectivity index (χ4v) is 3.76. The van der Waals surface area contributed by atoms with Gasteiger partial charge < -0.3 is 20.1 Å². The third kappa shape index (κ3) is 5.40. The molecule has 30 heavy (non-hydrogen) atoms. The van der Waals surface area contributed by atoms with Crippen molar-refractivity contribution in [2.45, 2.75) is 59.0 Å². The van der Waals surface area contributed by atoms with E-state index < -0.39 is 0 Å². The van der Waals surface area contributed by atoms with Crippen molar-refractivity contribution in [1.29, 1.82) is 0 Å². The monoisotopic (exact) mass is 411 g/mol. The Morgan fingerprint density at radius 3 is 2.40 bits per heavy atom. The molecule has 0 saturated carbocycles. The van der Waals surface area contributed by atoms with Crippen LogP contribution < -0.4 is 10.6 Å². The lowest BCUT2D eigenvalue weighted by atomic mass is 10.1. The van der Waals surface area contributed by atoms with Gasteiger partial charge in [-0.25, -0.2) is 0 Å². The van der Waals surface area contributed by atoms with Gasteiger partial charge >= 0.3 is 0 Å². The van der Waals surface area contributed by atoms with Crippen LogP contribution in [0.1, 0.15) is 66.0 Å². The van der Waals surface area contributed by atoms with Gasteiger partial charge in [0.05, 0.1) is 5.69 Å². The molecule has 0 aliphatic carbocycles. The number of hydrogen-bond donors (Lipinski definition) is 2. The summed E-state index contributed by atoms with van der Waals surface area (Å²) < 4.78 is 5.42. The van der Waals surface area contributed by atoms with Gasteiger partial charge in [0.1, 0.15) is 5.76 Å². The maximum Gasteiger partial charge on any atom is 0.253 e. The molecule has 2 N–H and O–H groups in total. The highest BCUT2D eigenvalue weighted by Crippen LogP contribution is 2.16. The molecule has 1 aromatic heterocycles. The molecule has 0 spiro atoms. The molecule has 2 heterocycles. The Kier molecular flexibility index (Phi) is 7.88. The van der Waals surface area contributed by atoms with Crippen molar-refractivity contribution in [3.63, 3.8) is 0 Å². The molecule has 0 bridgehead atoms. The minimum Gasteiger partial charge on any atom is -0.361 e. The van der Waals surface area contributed by atoms with Crippen molar-refractivity contribution in [1.82, 2.24) is 20.7 Å². The van der Waals surface area contributed by atoms with Gasteiger partial charge in [-0.05, 0) is 43.4 Å². The van der Waals surface area contributed by atoms with Crippen LogP contribution in [0.5, 0.6) is 0 Å². The van der Waals surface area contributed by atoms with Crippen LogP contribution in [-0.2, 0) is 25.9 Å². The van der Waals surface area contributed by atoms with Crippen LogP contribution in [0.25, 0.3) is 0 Å². The highest BCUT2D eigenvalue weighted by molar-refractivity contribution is 5.94. The Balaban J connectivity index is 1.52. The lowest BCUT2D eigenvalue weighted by Gasteiger charge is -2.26. The molecule has 1 aliphatic heterocycles. The zero-order valence-electron chi connectivity index (χ0n) is 18.3. The number of carbonyl (C=O) groups excluding carboxylic acids is 1. The number of nitrogens with one attached hydrogen (secondary N) is 2. The van der Waals surface area contributed by atoms with Crippen LogP contribution in [0.3, 0.4) is 0 Å². The molecule has 7 heteroatoms. The molecule has 1 aromatic carbocycles. The summed E-state index contributed by atoms with van der Waals surface area (Å²) in [4.78, 5) is 18.9. The number of piperidine rings is 1. The fourth-order valence-electron chi connectivity index (χ4n) is 3.76. The SMILES string of the molecule is CCc1noc(CC)c1CNC(=NC)NCc1ccc(C(=O)N2CCCCC2)cc1. The third-order valence-electron chi connectivity index (χ3n) is 5.57. The number of hydrogen-bond acceptors (Lipinski definition) is 4. The zero-order valence-corrected chi connectivity index (χ0v) is 18.3. The van der Waals surface area contributed by atoms with E-state index in [9.17, 15) is 4.79 Å². The van der Waals surface area contributed by atoms with E-state index >= 15 is 0 Å². The van der Waals surface area contributed by atoms with Crippen LogP contribution in [0, 0.1) is 0 Å². The molecule has 1 aliphatic rings. The number of carbonyl (C=O) groups is 1. The Morgan fingerprint density at radius 2 is 1.77 bits per heavy atom. The predicted octanol–water partition coefficient (Wildman–Crippen LogP) is 3.29. The molecular formula is C23H33N5O2. The zero-order chi connectivity index (χ0) is 21.3. The van der Waals surface area contributed by atoms with E-state index in [2.05, 4.69) is 34.6 Å². The molecule has 0 unspecified atom stereocenters. The summed E-state index contributed by atoms with van der Waals surface area (Å²) in [6.45, 7) is 7.14. The van der Waals surface area contributed by atoms with E-state index in [1.807, 2.05) is 29.2 Å². The Bertz CT molecular complexity index is 829. The number of aromatic nitrogens is 1. The topological polar surface area (TPSA) is 82.8 Å². The summed E-state index contributed by atoms with van der Waals surface area (Å²) in [5.74, 6) is 1.77. The third-order valence-corrected chi connectivity index (χ3v) is 5.57. The average Bonchev–Trinajstić information content (AvgIpc) is 3.21. The fraction of sp³-hybridized carbons (Fsp3) is 0.522. The highest BCUT2D eigenvalue weighted by Gasteiger charge is 2.18. The first-order valence-electron chi connectivity index (χ1n) is 10.9. The number of amides is 1. The van der Waals surface area contributed by atoms with E-state index in [0.717, 1.165) is 66.9 Å². The molecule has 1 fully saturated rings. The molecular weight excluding hydrogens is 378 g/mol. The van der Waals surface area contributed by atoms with Crippen molar-refractivity contribution in [3.05, 3.63) is 52.4 Å². The Morgan fingerprint density at radius 1 is 1.07 bits per heavy atom. The van der Waals surface area contributed by atoms with E-state index in [4.69, 9.17) is 4.52 Å². The second kappa shape index (κ2) is 10.8. The van der Waals surface area contributed by atoms with Crippen LogP contribution >= 0.6 is 0 Å². The minimum atomic E-state index is 0.138. The molecule has 0 radical (unpaired) electrons. The van der Waals surface area contributed by atoms with Crippen molar-refractivity contribution in [2.75, 3.05) is 20.1 Å². The maximum atomic E-state index is 12.6. The number of benzene rings is 1. The summed E-state index contributed by atoms with van der Waals surface area (Å²) >= 11 is 0. The number of likely N-dealkylation sites (tertiary alicyclic amines) is 1. The average molecular weight is 412 g/mol. The van der Waals surface area contributed by atoms with Gasteiger partial charge in [-0.15, -0.1) is 0 Å². The summed E-state index contributed by atoms with van der Waals surface area (Å²) in [7, 11) is 1.75. The summed E-state index contributed by atoms with van der Waals surface area (Å²) in [6.07, 6.45) is 5.09. The molecule has 3 rings (SSSR count). The van der Waals surface area contributed by atoms with Crippen LogP contribution in [0.4, 0.5) is 0 Å². The summed E-state index contributed by atoms with van der Waals surface area (Å²) in [5.41, 5.74) is 3.96. The minimum absolute atomic E-state index is 0.138. The van der Waals surface area contributed by atoms with E-state index in [-0.39, 0.29) is 5.91 Å². The lowest BCUT2D eigenvalue weighted by Crippen LogP contribution is -2.36. The number of guanidine groups is 1. The lowest BCUT2D eigenvalue weighted by molar-refractivity contribution is 0.0724. The number of nitrogens with zero attached hydrogens (tertiary/aromatic N) is 3. The molecule has 0 atom stereocenters. The highest BCUT2D eigenvalue weighted by atomic mass is 16.5. The van der Waals surface area contributed by atoms with Crippen molar-refractivity contribution < 1.29 is 9.32 Å². The van der Waals surface area contributed by atoms with Gasteiger partial charge in [0.25, 0.3) is 5.91 Å². The number of aliphatic imine (C=N–C) groups is 1. The van der Waals surface area contributed by atoms with Gasteiger partial charge in [-0.3, -0.25) is 9.79 Å². The summed E-state index contributed by atoms with van der Waals surface area (Å²) in [6, 6.07) is 7.84. The molecule has 1 saturated heterocycles. The predicted molar refractivity (Wildman–Crippen MR) is 118 cm³/mol. The van der Waals surface area contributed by atoms with Crippen LogP contribution in [0.2, 0.25) is 0 Å². The number of rotatable bonds is 7. The second-order valence-electron chi connectivity index (χ2n) is 7.57. The molecule has 2 aromatic rings. The largest absolute Gasteiger partial charge is 0.361 e. The van der Waals surface area contributed by atoms with Crippen molar-refractivity contribution in [2.24, 2.45) is 4.99 Å². The molecule has 7 nitrogen and oxygen atoms in total. The number of aryl methyl sites for hydroxylation is 2. The van der Waals surface area contributed by atoms with Gasteiger partial charge in [-0.2, -0.15) is 0 Å². The maximum absolute atomic E-state index is 12.6. The smallest absolute Gasteiger partial charge is 0.253 e. The van der Waals surface area contributed by atoms with Crippen molar-refractivity contribution >= 4 is 11.9 Å². The van der Waals surface area contributed by atoms with Gasteiger partial charge in [-0.1, -0.05) is 31.1 Å². The first-order valence-corrected chi connectivity index (χ1v) is 10.9. The molecule has 162 valence electrons. The second-order valence-corrected chi connectivity index (χ2v) is 7.57. The van der Waals surface area contributed by atoms with E-state index in [1.54, 1.807) is 7.05 Å². The molecule has 1 amide bonds. The van der Waals surface area contributed by atoms with E-state index in [1.165, 1.54) is 6.42 Å². The summed E-state index contributed by atoms with van der Waals surface area (Å²) in [5, 5.41) is 10.8. The Labute approximate surface area is 178 Å². The van der Waals surface area contributed by atoms with Gasteiger partial charge in [0.2, 0.25) is 0 Å². The van der Waals surface area contributed by atoms with Crippen LogP contribution in [-0.4, -0.2) is 42.1 Å².